The second-order valence-corrected chi connectivity index (χ2v) is 7.18. The first-order valence-corrected chi connectivity index (χ1v) is 9.69. The molecule has 0 radical (unpaired) electrons. The number of methoxy groups -OCH3 is 3. The molecule has 1 fully saturated rings. The van der Waals surface area contributed by atoms with Gasteiger partial charge in [0.15, 0.2) is 11.5 Å². The van der Waals surface area contributed by atoms with Crippen molar-refractivity contribution in [3.05, 3.63) is 35.5 Å². The van der Waals surface area contributed by atoms with Crippen molar-refractivity contribution in [1.29, 1.82) is 5.26 Å². The third-order valence-electron chi connectivity index (χ3n) is 5.17. The quantitative estimate of drug-likeness (QED) is 0.721. The lowest BCUT2D eigenvalue weighted by Gasteiger charge is -2.35. The largest absolute Gasteiger partial charge is 0.493 e. The number of benzene rings is 1. The standard InChI is InChI=1S/C22H28N4O3/c1-15(14-27-2)5-6-17-13-26(8-7-24-17)22-19-10-21(29-4)20(28-3)9-18(19)16(11-23)12-25-22/h5,9-10,12,17,24H,6-8,13-14H2,1-4H3. The van der Waals surface area contributed by atoms with Gasteiger partial charge in [0.1, 0.15) is 11.9 Å². The van der Waals surface area contributed by atoms with Crippen LogP contribution in [0.25, 0.3) is 10.8 Å². The number of hydrogen-bond donors (Lipinski definition) is 1. The zero-order valence-electron chi connectivity index (χ0n) is 17.5. The maximum absolute atomic E-state index is 9.53. The molecule has 154 valence electrons. The maximum atomic E-state index is 9.53. The highest BCUT2D eigenvalue weighted by atomic mass is 16.5. The summed E-state index contributed by atoms with van der Waals surface area (Å²) in [7, 11) is 4.92. The van der Waals surface area contributed by atoms with Crippen LogP contribution < -0.4 is 19.7 Å². The molecule has 0 aliphatic carbocycles. The Balaban J connectivity index is 1.94. The van der Waals surface area contributed by atoms with Crippen LogP contribution in [0.3, 0.4) is 0 Å². The maximum Gasteiger partial charge on any atom is 0.161 e. The van der Waals surface area contributed by atoms with E-state index in [1.54, 1.807) is 27.5 Å². The molecule has 1 aromatic carbocycles. The molecule has 29 heavy (non-hydrogen) atoms. The van der Waals surface area contributed by atoms with E-state index in [1.165, 1.54) is 5.57 Å². The minimum absolute atomic E-state index is 0.322. The summed E-state index contributed by atoms with van der Waals surface area (Å²) in [4.78, 5) is 6.91. The number of aromatic nitrogens is 1. The summed E-state index contributed by atoms with van der Waals surface area (Å²) in [6, 6.07) is 6.32. The van der Waals surface area contributed by atoms with Crippen molar-refractivity contribution in [3.8, 4) is 17.6 Å². The molecule has 7 heteroatoms. The Morgan fingerprint density at radius 2 is 2.00 bits per heavy atom. The summed E-state index contributed by atoms with van der Waals surface area (Å²) in [5.41, 5.74) is 1.75. The molecule has 1 aliphatic rings. The van der Waals surface area contributed by atoms with E-state index in [9.17, 15) is 5.26 Å². The molecule has 0 amide bonds. The van der Waals surface area contributed by atoms with Gasteiger partial charge in [0, 0.05) is 49.8 Å². The summed E-state index contributed by atoms with van der Waals surface area (Å²) in [6.45, 7) is 5.29. The summed E-state index contributed by atoms with van der Waals surface area (Å²) in [6.07, 6.45) is 4.79. The molecule has 1 aromatic heterocycles. The van der Waals surface area contributed by atoms with Crippen LogP contribution in [0.1, 0.15) is 18.9 Å². The minimum Gasteiger partial charge on any atom is -0.493 e. The summed E-state index contributed by atoms with van der Waals surface area (Å²) in [5.74, 6) is 2.09. The zero-order valence-corrected chi connectivity index (χ0v) is 17.5. The Labute approximate surface area is 171 Å². The first kappa shape index (κ1) is 20.9. The zero-order chi connectivity index (χ0) is 20.8. The predicted molar refractivity (Wildman–Crippen MR) is 114 cm³/mol. The summed E-state index contributed by atoms with van der Waals surface area (Å²) < 4.78 is 16.1. The molecule has 0 saturated carbocycles. The highest BCUT2D eigenvalue weighted by Gasteiger charge is 2.23. The Bertz CT molecular complexity index is 936. The van der Waals surface area contributed by atoms with Crippen LogP contribution in [0.4, 0.5) is 5.82 Å². The van der Waals surface area contributed by atoms with Gasteiger partial charge in [0.25, 0.3) is 0 Å². The van der Waals surface area contributed by atoms with E-state index in [1.807, 2.05) is 12.1 Å². The summed E-state index contributed by atoms with van der Waals surface area (Å²) in [5, 5.41) is 14.8. The lowest BCUT2D eigenvalue weighted by Crippen LogP contribution is -2.50. The van der Waals surface area contributed by atoms with E-state index >= 15 is 0 Å². The Morgan fingerprint density at radius 3 is 2.66 bits per heavy atom. The number of nitrogens with zero attached hydrogens (tertiary/aromatic N) is 3. The number of nitrogens with one attached hydrogen (secondary N) is 1. The van der Waals surface area contributed by atoms with Crippen molar-refractivity contribution in [2.45, 2.75) is 19.4 Å². The van der Waals surface area contributed by atoms with Gasteiger partial charge < -0.3 is 24.4 Å². The second kappa shape index (κ2) is 9.59. The topological polar surface area (TPSA) is 79.6 Å². The van der Waals surface area contributed by atoms with Crippen LogP contribution >= 0.6 is 0 Å². The minimum atomic E-state index is 0.322. The molecule has 1 aliphatic heterocycles. The number of fused-ring (bicyclic) bond motifs is 1. The lowest BCUT2D eigenvalue weighted by molar-refractivity contribution is 0.225. The van der Waals surface area contributed by atoms with E-state index in [2.05, 4.69) is 34.3 Å². The van der Waals surface area contributed by atoms with Crippen LogP contribution in [0.15, 0.2) is 30.0 Å². The third-order valence-corrected chi connectivity index (χ3v) is 5.17. The van der Waals surface area contributed by atoms with E-state index in [-0.39, 0.29) is 0 Å². The number of piperazine rings is 1. The van der Waals surface area contributed by atoms with Crippen molar-refractivity contribution in [2.24, 2.45) is 0 Å². The van der Waals surface area contributed by atoms with Crippen LogP contribution in [-0.2, 0) is 4.74 Å². The molecule has 0 bridgehead atoms. The molecular formula is C22H28N4O3. The van der Waals surface area contributed by atoms with Gasteiger partial charge in [-0.1, -0.05) is 11.6 Å². The molecule has 1 unspecified atom stereocenters. The van der Waals surface area contributed by atoms with Crippen molar-refractivity contribution >= 4 is 16.6 Å². The fraction of sp³-hybridized carbons (Fsp3) is 0.455. The fourth-order valence-corrected chi connectivity index (χ4v) is 3.70. The monoisotopic (exact) mass is 396 g/mol. The molecular weight excluding hydrogens is 368 g/mol. The molecule has 3 rings (SSSR count). The molecule has 7 nitrogen and oxygen atoms in total. The number of pyridine rings is 1. The molecule has 1 N–H and O–H groups in total. The molecule has 1 atom stereocenters. The number of hydrogen-bond acceptors (Lipinski definition) is 7. The van der Waals surface area contributed by atoms with Crippen LogP contribution in [0, 0.1) is 11.3 Å². The average Bonchev–Trinajstić information content (AvgIpc) is 2.76. The smallest absolute Gasteiger partial charge is 0.161 e. The second-order valence-electron chi connectivity index (χ2n) is 7.18. The van der Waals surface area contributed by atoms with E-state index < -0.39 is 0 Å². The number of anilines is 1. The van der Waals surface area contributed by atoms with Crippen molar-refractivity contribution in [2.75, 3.05) is 52.5 Å². The molecule has 2 heterocycles. The molecule has 0 spiro atoms. The first-order chi connectivity index (χ1) is 14.1. The molecule has 2 aromatic rings. The van der Waals surface area contributed by atoms with Crippen molar-refractivity contribution < 1.29 is 14.2 Å². The van der Waals surface area contributed by atoms with E-state index in [0.29, 0.717) is 29.7 Å². The van der Waals surface area contributed by atoms with Gasteiger partial charge in [-0.2, -0.15) is 5.26 Å². The number of nitriles is 1. The number of ether oxygens (including phenoxy) is 3. The fourth-order valence-electron chi connectivity index (χ4n) is 3.70. The van der Waals surface area contributed by atoms with Gasteiger partial charge in [-0.25, -0.2) is 4.98 Å². The Kier molecular flexibility index (Phi) is 6.91. The van der Waals surface area contributed by atoms with Crippen molar-refractivity contribution in [3.63, 3.8) is 0 Å². The van der Waals surface area contributed by atoms with Gasteiger partial charge in [0.05, 0.1) is 26.4 Å². The van der Waals surface area contributed by atoms with Crippen LogP contribution in [0.2, 0.25) is 0 Å². The van der Waals surface area contributed by atoms with E-state index in [4.69, 9.17) is 14.2 Å². The summed E-state index contributed by atoms with van der Waals surface area (Å²) >= 11 is 0. The highest BCUT2D eigenvalue weighted by molar-refractivity contribution is 5.98. The van der Waals surface area contributed by atoms with Crippen molar-refractivity contribution in [1.82, 2.24) is 10.3 Å². The predicted octanol–water partition coefficient (Wildman–Crippen LogP) is 2.88. The Hall–Kier alpha value is -2.82. The highest BCUT2D eigenvalue weighted by Crippen LogP contribution is 2.37. The van der Waals surface area contributed by atoms with E-state index in [0.717, 1.165) is 42.6 Å². The van der Waals surface area contributed by atoms with Crippen LogP contribution in [-0.4, -0.2) is 58.6 Å². The van der Waals surface area contributed by atoms with Gasteiger partial charge >= 0.3 is 0 Å². The first-order valence-electron chi connectivity index (χ1n) is 9.69. The normalized spacial score (nSPS) is 17.3. The average molecular weight is 396 g/mol. The SMILES string of the molecule is COCC(C)=CCC1CN(c2ncc(C#N)c3cc(OC)c(OC)cc23)CCN1. The Morgan fingerprint density at radius 1 is 1.28 bits per heavy atom. The van der Waals surface area contributed by atoms with Gasteiger partial charge in [-0.3, -0.25) is 0 Å². The lowest BCUT2D eigenvalue weighted by atomic mass is 10.0. The van der Waals surface area contributed by atoms with Gasteiger partial charge in [-0.15, -0.1) is 0 Å². The number of rotatable bonds is 7. The molecule has 1 saturated heterocycles. The van der Waals surface area contributed by atoms with Crippen LogP contribution in [0.5, 0.6) is 11.5 Å². The van der Waals surface area contributed by atoms with Gasteiger partial charge in [-0.05, 0) is 25.5 Å². The van der Waals surface area contributed by atoms with Gasteiger partial charge in [0.2, 0.25) is 0 Å². The third kappa shape index (κ3) is 4.61.